The number of piperazine rings is 1. The van der Waals surface area contributed by atoms with Crippen molar-refractivity contribution in [2.75, 3.05) is 38.2 Å². The highest BCUT2D eigenvalue weighted by Gasteiger charge is 2.31. The number of hydrogen-bond donors (Lipinski definition) is 1. The third kappa shape index (κ3) is 6.37. The van der Waals surface area contributed by atoms with Crippen LogP contribution in [0.1, 0.15) is 18.1 Å². The van der Waals surface area contributed by atoms with Gasteiger partial charge in [-0.05, 0) is 30.7 Å². The third-order valence-corrected chi connectivity index (χ3v) is 5.28. The van der Waals surface area contributed by atoms with Gasteiger partial charge in [0.25, 0.3) is 0 Å². The SMILES string of the molecule is CCOC(=O)C(=NNc1cc(C(F)(F)F)ccc1Cl)N1CCN(Cc2ccccc2)CC1. The van der Waals surface area contributed by atoms with Crippen molar-refractivity contribution in [3.8, 4) is 0 Å². The highest BCUT2D eigenvalue weighted by Crippen LogP contribution is 2.33. The lowest BCUT2D eigenvalue weighted by Gasteiger charge is -2.35. The number of nitrogens with zero attached hydrogens (tertiary/aromatic N) is 3. The normalized spacial score (nSPS) is 15.5. The number of alkyl halides is 3. The molecule has 2 aromatic rings. The molecule has 2 aromatic carbocycles. The Balaban J connectivity index is 1.72. The number of rotatable bonds is 5. The fourth-order valence-electron chi connectivity index (χ4n) is 3.30. The molecule has 0 unspecified atom stereocenters. The zero-order valence-electron chi connectivity index (χ0n) is 17.5. The molecule has 172 valence electrons. The molecule has 0 amide bonds. The van der Waals surface area contributed by atoms with Crippen LogP contribution in [-0.4, -0.2) is 54.4 Å². The second kappa shape index (κ2) is 10.7. The molecule has 3 rings (SSSR count). The summed E-state index contributed by atoms with van der Waals surface area (Å²) in [5, 5.41) is 4.13. The first-order valence-electron chi connectivity index (χ1n) is 10.2. The number of carbonyl (C=O) groups excluding carboxylic acids is 1. The number of esters is 1. The molecule has 0 spiro atoms. The number of nitrogens with one attached hydrogen (secondary N) is 1. The van der Waals surface area contributed by atoms with Gasteiger partial charge in [0.15, 0.2) is 0 Å². The number of amidine groups is 1. The van der Waals surface area contributed by atoms with E-state index >= 15 is 0 Å². The van der Waals surface area contributed by atoms with Crippen LogP contribution in [0.15, 0.2) is 53.6 Å². The van der Waals surface area contributed by atoms with Gasteiger partial charge < -0.3 is 9.64 Å². The molecule has 1 fully saturated rings. The Morgan fingerprint density at radius 3 is 2.44 bits per heavy atom. The van der Waals surface area contributed by atoms with Gasteiger partial charge in [-0.1, -0.05) is 41.9 Å². The van der Waals surface area contributed by atoms with Crippen LogP contribution in [0.25, 0.3) is 0 Å². The van der Waals surface area contributed by atoms with E-state index in [4.69, 9.17) is 16.3 Å². The summed E-state index contributed by atoms with van der Waals surface area (Å²) < 4.78 is 44.1. The summed E-state index contributed by atoms with van der Waals surface area (Å²) in [6, 6.07) is 12.9. The van der Waals surface area contributed by atoms with E-state index in [2.05, 4.69) is 27.6 Å². The van der Waals surface area contributed by atoms with Crippen LogP contribution in [0.5, 0.6) is 0 Å². The first-order chi connectivity index (χ1) is 15.3. The minimum atomic E-state index is -4.52. The fourth-order valence-corrected chi connectivity index (χ4v) is 3.46. The quantitative estimate of drug-likeness (QED) is 0.304. The van der Waals surface area contributed by atoms with E-state index in [-0.39, 0.29) is 23.2 Å². The van der Waals surface area contributed by atoms with Crippen molar-refractivity contribution in [3.05, 3.63) is 64.7 Å². The van der Waals surface area contributed by atoms with Crippen LogP contribution in [0.3, 0.4) is 0 Å². The maximum absolute atomic E-state index is 13.0. The van der Waals surface area contributed by atoms with Gasteiger partial charge in [-0.15, -0.1) is 5.10 Å². The molecule has 1 N–H and O–H groups in total. The number of halogens is 4. The number of benzene rings is 2. The third-order valence-electron chi connectivity index (χ3n) is 4.95. The molecule has 1 saturated heterocycles. The average Bonchev–Trinajstić information content (AvgIpc) is 2.76. The van der Waals surface area contributed by atoms with Gasteiger partial charge >= 0.3 is 12.1 Å². The molecular formula is C22H24ClF3N4O2. The van der Waals surface area contributed by atoms with Crippen LogP contribution in [0.2, 0.25) is 5.02 Å². The summed E-state index contributed by atoms with van der Waals surface area (Å²) in [4.78, 5) is 16.5. The summed E-state index contributed by atoms with van der Waals surface area (Å²) in [5.74, 6) is -0.653. The van der Waals surface area contributed by atoms with Gasteiger partial charge in [0.2, 0.25) is 5.84 Å². The Bertz CT molecular complexity index is 946. The van der Waals surface area contributed by atoms with Crippen LogP contribution in [0, 0.1) is 0 Å². The molecule has 0 saturated carbocycles. The van der Waals surface area contributed by atoms with Crippen LogP contribution < -0.4 is 5.43 Å². The molecule has 1 aliphatic heterocycles. The molecule has 1 aliphatic rings. The average molecular weight is 469 g/mol. The zero-order chi connectivity index (χ0) is 23.1. The minimum absolute atomic E-state index is 0.000287. The van der Waals surface area contributed by atoms with Gasteiger partial charge in [0, 0.05) is 32.7 Å². The van der Waals surface area contributed by atoms with Gasteiger partial charge in [-0.25, -0.2) is 4.79 Å². The number of carbonyl (C=O) groups is 1. The monoisotopic (exact) mass is 468 g/mol. The van der Waals surface area contributed by atoms with E-state index in [0.717, 1.165) is 24.7 Å². The Morgan fingerprint density at radius 1 is 1.12 bits per heavy atom. The number of hydrazone groups is 1. The standard InChI is InChI=1S/C22H24ClF3N4O2/c1-2-32-21(31)20(28-27-19-14-17(22(24,25)26)8-9-18(19)23)30-12-10-29(11-13-30)15-16-6-4-3-5-7-16/h3-9,14,27H,2,10-13,15H2,1H3. The van der Waals surface area contributed by atoms with E-state index < -0.39 is 17.7 Å². The van der Waals surface area contributed by atoms with Gasteiger partial charge in [0.05, 0.1) is 22.9 Å². The highest BCUT2D eigenvalue weighted by molar-refractivity contribution is 6.35. The van der Waals surface area contributed by atoms with Crippen molar-refractivity contribution in [3.63, 3.8) is 0 Å². The van der Waals surface area contributed by atoms with Crippen molar-refractivity contribution < 1.29 is 22.7 Å². The Morgan fingerprint density at radius 2 is 1.81 bits per heavy atom. The zero-order valence-corrected chi connectivity index (χ0v) is 18.3. The van der Waals surface area contributed by atoms with Crippen molar-refractivity contribution in [2.24, 2.45) is 5.10 Å². The molecule has 0 radical (unpaired) electrons. The first-order valence-corrected chi connectivity index (χ1v) is 10.5. The second-order valence-electron chi connectivity index (χ2n) is 7.21. The largest absolute Gasteiger partial charge is 0.460 e. The summed E-state index contributed by atoms with van der Waals surface area (Å²) in [6.07, 6.45) is -4.52. The molecule has 0 bridgehead atoms. The second-order valence-corrected chi connectivity index (χ2v) is 7.62. The van der Waals surface area contributed by atoms with Gasteiger partial charge in [0.1, 0.15) is 0 Å². The lowest BCUT2D eigenvalue weighted by molar-refractivity contribution is -0.138. The van der Waals surface area contributed by atoms with Gasteiger partial charge in [-0.2, -0.15) is 13.2 Å². The maximum atomic E-state index is 13.0. The smallest absolute Gasteiger partial charge is 0.416 e. The molecule has 10 heteroatoms. The van der Waals surface area contributed by atoms with E-state index in [1.807, 2.05) is 18.2 Å². The van der Waals surface area contributed by atoms with Gasteiger partial charge in [-0.3, -0.25) is 10.3 Å². The van der Waals surface area contributed by atoms with Crippen LogP contribution in [0.4, 0.5) is 18.9 Å². The van der Waals surface area contributed by atoms with Crippen LogP contribution >= 0.6 is 11.6 Å². The molecule has 0 aromatic heterocycles. The first kappa shape index (κ1) is 23.9. The van der Waals surface area contributed by atoms with Crippen molar-refractivity contribution >= 4 is 29.1 Å². The van der Waals surface area contributed by atoms with E-state index in [9.17, 15) is 18.0 Å². The Hall–Kier alpha value is -2.78. The molecule has 6 nitrogen and oxygen atoms in total. The topological polar surface area (TPSA) is 57.2 Å². The summed E-state index contributed by atoms with van der Waals surface area (Å²) >= 11 is 6.02. The molecule has 32 heavy (non-hydrogen) atoms. The Kier molecular flexibility index (Phi) is 7.98. The van der Waals surface area contributed by atoms with Crippen molar-refractivity contribution in [2.45, 2.75) is 19.6 Å². The highest BCUT2D eigenvalue weighted by atomic mass is 35.5. The predicted octanol–water partition coefficient (Wildman–Crippen LogP) is 4.47. The van der Waals surface area contributed by atoms with Crippen molar-refractivity contribution in [1.82, 2.24) is 9.80 Å². The number of hydrogen-bond acceptors (Lipinski definition) is 5. The Labute approximate surface area is 189 Å². The van der Waals surface area contributed by atoms with Crippen LogP contribution in [-0.2, 0) is 22.3 Å². The molecular weight excluding hydrogens is 445 g/mol. The van der Waals surface area contributed by atoms with E-state index in [1.165, 1.54) is 5.56 Å². The summed E-state index contributed by atoms with van der Waals surface area (Å²) in [6.45, 7) is 5.03. The molecule has 0 atom stereocenters. The van der Waals surface area contributed by atoms with E-state index in [1.54, 1.807) is 11.8 Å². The number of ether oxygens (including phenoxy) is 1. The fraction of sp³-hybridized carbons (Fsp3) is 0.364. The van der Waals surface area contributed by atoms with E-state index in [0.29, 0.717) is 26.2 Å². The summed E-state index contributed by atoms with van der Waals surface area (Å²) in [7, 11) is 0. The lowest BCUT2D eigenvalue weighted by atomic mass is 10.2. The molecule has 1 heterocycles. The molecule has 0 aliphatic carbocycles. The minimum Gasteiger partial charge on any atom is -0.460 e. The maximum Gasteiger partial charge on any atom is 0.416 e. The summed E-state index contributed by atoms with van der Waals surface area (Å²) in [5.41, 5.74) is 2.79. The lowest BCUT2D eigenvalue weighted by Crippen LogP contribution is -2.50. The predicted molar refractivity (Wildman–Crippen MR) is 117 cm³/mol. The van der Waals surface area contributed by atoms with Crippen molar-refractivity contribution in [1.29, 1.82) is 0 Å². The number of anilines is 1.